The van der Waals surface area contributed by atoms with Crippen LogP contribution >= 0.6 is 0 Å². The molecule has 6 heteroatoms. The second-order valence-electron chi connectivity index (χ2n) is 5.52. The van der Waals surface area contributed by atoms with Crippen molar-refractivity contribution < 1.29 is 23.8 Å². The molecule has 1 heterocycles. The van der Waals surface area contributed by atoms with Crippen LogP contribution in [0.25, 0.3) is 0 Å². The number of para-hydroxylation sites is 3. The van der Waals surface area contributed by atoms with Gasteiger partial charge in [0.15, 0.2) is 0 Å². The molecule has 0 spiro atoms. The molecule has 0 aromatic heterocycles. The maximum absolute atomic E-state index is 12.3. The van der Waals surface area contributed by atoms with Gasteiger partial charge in [0.1, 0.15) is 24.7 Å². The van der Waals surface area contributed by atoms with Crippen molar-refractivity contribution in [2.75, 3.05) is 25.2 Å². The van der Waals surface area contributed by atoms with Gasteiger partial charge in [-0.25, -0.2) is 0 Å². The summed E-state index contributed by atoms with van der Waals surface area (Å²) in [6, 6.07) is 14.5. The summed E-state index contributed by atoms with van der Waals surface area (Å²) in [6.45, 7) is 0.222. The van der Waals surface area contributed by atoms with Crippen LogP contribution in [0.4, 0.5) is 5.69 Å². The van der Waals surface area contributed by atoms with Crippen LogP contribution in [0.1, 0.15) is 12.0 Å². The normalized spacial score (nSPS) is 13.5. The van der Waals surface area contributed by atoms with Crippen molar-refractivity contribution >= 4 is 17.6 Å². The van der Waals surface area contributed by atoms with Gasteiger partial charge in [0.2, 0.25) is 5.91 Å². The first-order valence-electron chi connectivity index (χ1n) is 7.99. The number of anilines is 1. The van der Waals surface area contributed by atoms with Crippen molar-refractivity contribution in [1.29, 1.82) is 0 Å². The molecule has 2 aromatic rings. The van der Waals surface area contributed by atoms with Crippen LogP contribution in [0.15, 0.2) is 48.5 Å². The van der Waals surface area contributed by atoms with Gasteiger partial charge in [0.05, 0.1) is 25.8 Å². The molecule has 1 amide bonds. The molecule has 0 atom stereocenters. The van der Waals surface area contributed by atoms with E-state index in [0.717, 1.165) is 5.56 Å². The highest BCUT2D eigenvalue weighted by molar-refractivity contribution is 5.99. The predicted octanol–water partition coefficient (Wildman–Crippen LogP) is 2.55. The molecule has 1 aliphatic rings. The number of amides is 1. The van der Waals surface area contributed by atoms with Gasteiger partial charge in [-0.2, -0.15) is 0 Å². The van der Waals surface area contributed by atoms with Gasteiger partial charge in [-0.1, -0.05) is 30.3 Å². The van der Waals surface area contributed by atoms with E-state index in [4.69, 9.17) is 14.2 Å². The molecule has 0 fully saturated rings. The molecule has 0 N–H and O–H groups in total. The van der Waals surface area contributed by atoms with Gasteiger partial charge in [-0.15, -0.1) is 0 Å². The Labute approximate surface area is 145 Å². The lowest BCUT2D eigenvalue weighted by molar-refractivity contribution is -0.144. The first-order valence-corrected chi connectivity index (χ1v) is 7.99. The lowest BCUT2D eigenvalue weighted by Crippen LogP contribution is -2.36. The highest BCUT2D eigenvalue weighted by atomic mass is 16.5. The number of esters is 1. The zero-order chi connectivity index (χ0) is 17.6. The number of carbonyl (C=O) groups excluding carboxylic acids is 2. The predicted molar refractivity (Wildman–Crippen MR) is 91.7 cm³/mol. The van der Waals surface area contributed by atoms with Gasteiger partial charge in [-0.05, 0) is 18.2 Å². The van der Waals surface area contributed by atoms with E-state index in [0.29, 0.717) is 23.8 Å². The molecule has 25 heavy (non-hydrogen) atoms. The average Bonchev–Trinajstić information content (AvgIpc) is 2.79. The number of hydrogen-bond acceptors (Lipinski definition) is 5. The summed E-state index contributed by atoms with van der Waals surface area (Å²) in [5, 5.41) is 0. The summed E-state index contributed by atoms with van der Waals surface area (Å²) >= 11 is 0. The Morgan fingerprint density at radius 1 is 1.16 bits per heavy atom. The van der Waals surface area contributed by atoms with Gasteiger partial charge >= 0.3 is 5.97 Å². The monoisotopic (exact) mass is 341 g/mol. The third-order valence-corrected chi connectivity index (χ3v) is 3.90. The fourth-order valence-electron chi connectivity index (χ4n) is 2.65. The van der Waals surface area contributed by atoms with Crippen molar-refractivity contribution in [3.05, 3.63) is 54.1 Å². The standard InChI is InChI=1S/C19H19NO5/c1-23-16-8-4-2-6-14(16)13-25-19(22)12-20-15-7-3-5-9-17(15)24-11-10-18(20)21/h2-9H,10-13H2,1H3. The average molecular weight is 341 g/mol. The SMILES string of the molecule is COc1ccccc1COC(=O)CN1C(=O)CCOc2ccccc21. The first kappa shape index (κ1) is 16.8. The van der Waals surface area contributed by atoms with Crippen LogP contribution in [0, 0.1) is 0 Å². The zero-order valence-corrected chi connectivity index (χ0v) is 13.9. The van der Waals surface area contributed by atoms with E-state index in [-0.39, 0.29) is 25.5 Å². The Morgan fingerprint density at radius 3 is 2.76 bits per heavy atom. The number of benzene rings is 2. The minimum atomic E-state index is -0.490. The van der Waals surface area contributed by atoms with Crippen molar-refractivity contribution in [2.24, 2.45) is 0 Å². The summed E-state index contributed by atoms with van der Waals surface area (Å²) in [5.41, 5.74) is 1.35. The van der Waals surface area contributed by atoms with E-state index in [9.17, 15) is 9.59 Å². The largest absolute Gasteiger partial charge is 0.496 e. The molecule has 6 nitrogen and oxygen atoms in total. The Hall–Kier alpha value is -3.02. The lowest BCUT2D eigenvalue weighted by atomic mass is 10.2. The zero-order valence-electron chi connectivity index (χ0n) is 13.9. The molecular weight excluding hydrogens is 322 g/mol. The molecule has 2 aromatic carbocycles. The van der Waals surface area contributed by atoms with Gasteiger partial charge in [-0.3, -0.25) is 14.5 Å². The topological polar surface area (TPSA) is 65.1 Å². The highest BCUT2D eigenvalue weighted by Gasteiger charge is 2.25. The molecule has 0 radical (unpaired) electrons. The van der Waals surface area contributed by atoms with Crippen molar-refractivity contribution in [1.82, 2.24) is 0 Å². The second-order valence-corrected chi connectivity index (χ2v) is 5.52. The van der Waals surface area contributed by atoms with Gasteiger partial charge in [0, 0.05) is 5.56 Å². The third-order valence-electron chi connectivity index (χ3n) is 3.90. The Kier molecular flexibility index (Phi) is 5.18. The molecule has 0 saturated carbocycles. The maximum atomic E-state index is 12.3. The number of rotatable bonds is 5. The first-order chi connectivity index (χ1) is 12.2. The smallest absolute Gasteiger partial charge is 0.326 e. The third kappa shape index (κ3) is 3.91. The second kappa shape index (κ2) is 7.70. The lowest BCUT2D eigenvalue weighted by Gasteiger charge is -2.21. The molecule has 0 aliphatic carbocycles. The number of hydrogen-bond donors (Lipinski definition) is 0. The number of fused-ring (bicyclic) bond motifs is 1. The van der Waals surface area contributed by atoms with Crippen LogP contribution < -0.4 is 14.4 Å². The van der Waals surface area contributed by atoms with E-state index >= 15 is 0 Å². The molecular formula is C19H19NO5. The number of ether oxygens (including phenoxy) is 3. The summed E-state index contributed by atoms with van der Waals surface area (Å²) < 4.78 is 16.1. The fraction of sp³-hybridized carbons (Fsp3) is 0.263. The Balaban J connectivity index is 1.69. The van der Waals surface area contributed by atoms with E-state index in [1.807, 2.05) is 24.3 Å². The summed E-state index contributed by atoms with van der Waals surface area (Å²) in [4.78, 5) is 26.0. The molecule has 0 unspecified atom stereocenters. The van der Waals surface area contributed by atoms with E-state index in [1.165, 1.54) is 4.90 Å². The molecule has 0 bridgehead atoms. The highest BCUT2D eigenvalue weighted by Crippen LogP contribution is 2.30. The fourth-order valence-corrected chi connectivity index (χ4v) is 2.65. The van der Waals surface area contributed by atoms with Crippen molar-refractivity contribution in [3.63, 3.8) is 0 Å². The number of carbonyl (C=O) groups is 2. The summed E-state index contributed by atoms with van der Waals surface area (Å²) in [7, 11) is 1.56. The molecule has 1 aliphatic heterocycles. The van der Waals surface area contributed by atoms with Crippen LogP contribution in [0.2, 0.25) is 0 Å². The van der Waals surface area contributed by atoms with Gasteiger partial charge in [0.25, 0.3) is 0 Å². The quantitative estimate of drug-likeness (QED) is 0.782. The van der Waals surface area contributed by atoms with Crippen molar-refractivity contribution in [3.8, 4) is 11.5 Å². The molecule has 0 saturated heterocycles. The molecule has 3 rings (SSSR count). The maximum Gasteiger partial charge on any atom is 0.326 e. The van der Waals surface area contributed by atoms with Crippen LogP contribution in [-0.4, -0.2) is 32.1 Å². The summed E-state index contributed by atoms with van der Waals surface area (Å²) in [5.74, 6) is 0.584. The van der Waals surface area contributed by atoms with E-state index in [1.54, 1.807) is 31.4 Å². The Morgan fingerprint density at radius 2 is 1.92 bits per heavy atom. The number of nitrogens with zero attached hydrogens (tertiary/aromatic N) is 1. The van der Waals surface area contributed by atoms with Gasteiger partial charge < -0.3 is 14.2 Å². The minimum Gasteiger partial charge on any atom is -0.496 e. The van der Waals surface area contributed by atoms with Crippen molar-refractivity contribution in [2.45, 2.75) is 13.0 Å². The minimum absolute atomic E-state index is 0.0863. The van der Waals surface area contributed by atoms with Crippen LogP contribution in [0.3, 0.4) is 0 Å². The van der Waals surface area contributed by atoms with E-state index in [2.05, 4.69) is 0 Å². The van der Waals surface area contributed by atoms with Crippen LogP contribution in [-0.2, 0) is 20.9 Å². The Bertz CT molecular complexity index is 774. The number of methoxy groups -OCH3 is 1. The molecule has 130 valence electrons. The van der Waals surface area contributed by atoms with Crippen LogP contribution in [0.5, 0.6) is 11.5 Å². The van der Waals surface area contributed by atoms with E-state index < -0.39 is 5.97 Å². The summed E-state index contributed by atoms with van der Waals surface area (Å²) in [6.07, 6.45) is 0.217.